The van der Waals surface area contributed by atoms with Crippen LogP contribution in [0.15, 0.2) is 52.9 Å². The van der Waals surface area contributed by atoms with E-state index in [4.69, 9.17) is 11.6 Å². The molecule has 2 N–H and O–H groups in total. The highest BCUT2D eigenvalue weighted by atomic mass is 35.5. The maximum Gasteiger partial charge on any atom is 0.269 e. The molecule has 2 aromatic carbocycles. The lowest BCUT2D eigenvalue weighted by Gasteiger charge is -2.04. The fourth-order valence-electron chi connectivity index (χ4n) is 2.45. The first-order chi connectivity index (χ1) is 14.3. The van der Waals surface area contributed by atoms with Gasteiger partial charge in [-0.15, -0.1) is 10.2 Å². The Morgan fingerprint density at radius 1 is 1.17 bits per heavy atom. The number of thioether (sulfide) groups is 1. The van der Waals surface area contributed by atoms with Crippen LogP contribution < -0.4 is 10.0 Å². The Kier molecular flexibility index (Phi) is 7.84. The number of nitrogens with one attached hydrogen (secondary N) is 2. The third-order valence-electron chi connectivity index (χ3n) is 3.83. The Labute approximate surface area is 188 Å². The summed E-state index contributed by atoms with van der Waals surface area (Å²) in [6.07, 6.45) is 0. The number of aryl methyl sites for hydroxylation is 1. The van der Waals surface area contributed by atoms with Crippen molar-refractivity contribution in [3.63, 3.8) is 0 Å². The number of hydrogen-bond donors (Lipinski definition) is 2. The maximum atomic E-state index is 12.4. The Hall–Kier alpha value is -1.98. The van der Waals surface area contributed by atoms with Gasteiger partial charge in [0.2, 0.25) is 9.47 Å². The van der Waals surface area contributed by atoms with Gasteiger partial charge in [-0.1, -0.05) is 52.8 Å². The lowest BCUT2D eigenvalue weighted by Crippen LogP contribution is -2.26. The number of aromatic nitrogens is 2. The highest BCUT2D eigenvalue weighted by Crippen LogP contribution is 2.21. The molecule has 0 bridgehead atoms. The normalized spacial score (nSPS) is 11.4. The molecule has 0 spiro atoms. The van der Waals surface area contributed by atoms with Crippen LogP contribution >= 0.6 is 34.7 Å². The first-order valence-electron chi connectivity index (χ1n) is 8.87. The fraction of sp³-hybridized carbons (Fsp3) is 0.211. The van der Waals surface area contributed by atoms with Crippen molar-refractivity contribution in [2.75, 3.05) is 17.6 Å². The summed E-state index contributed by atoms with van der Waals surface area (Å²) in [5.74, 6) is 0.946. The molecule has 1 aromatic heterocycles. The summed E-state index contributed by atoms with van der Waals surface area (Å²) in [7, 11) is -3.79. The zero-order chi connectivity index (χ0) is 21.6. The van der Waals surface area contributed by atoms with Crippen molar-refractivity contribution in [1.82, 2.24) is 14.9 Å². The zero-order valence-corrected chi connectivity index (χ0v) is 19.2. The van der Waals surface area contributed by atoms with Crippen LogP contribution in [0.2, 0.25) is 5.02 Å². The van der Waals surface area contributed by atoms with E-state index in [1.807, 2.05) is 37.3 Å². The molecular weight excluding hydrogens is 464 g/mol. The number of hydrogen-bond acceptors (Lipinski definition) is 7. The Bertz CT molecular complexity index is 1140. The van der Waals surface area contributed by atoms with Crippen molar-refractivity contribution >= 4 is 55.8 Å². The molecule has 0 fully saturated rings. The van der Waals surface area contributed by atoms with Crippen LogP contribution in [-0.2, 0) is 15.8 Å². The highest BCUT2D eigenvalue weighted by Gasteiger charge is 2.20. The Morgan fingerprint density at radius 2 is 1.97 bits per heavy atom. The number of carbonyl (C=O) groups is 1. The molecule has 0 atom stereocenters. The summed E-state index contributed by atoms with van der Waals surface area (Å²) < 4.78 is 27.1. The van der Waals surface area contributed by atoms with Crippen molar-refractivity contribution in [2.45, 2.75) is 17.0 Å². The van der Waals surface area contributed by atoms with Crippen LogP contribution in [0.1, 0.15) is 21.5 Å². The molecule has 11 heteroatoms. The Balaban J connectivity index is 1.49. The number of nitrogens with zero attached hydrogens (tertiary/aromatic N) is 2. The highest BCUT2D eigenvalue weighted by molar-refractivity contribution is 7.98. The van der Waals surface area contributed by atoms with E-state index in [0.717, 1.165) is 28.2 Å². The first-order valence-corrected chi connectivity index (χ1v) is 12.7. The average molecular weight is 483 g/mol. The van der Waals surface area contributed by atoms with Crippen LogP contribution in [0.5, 0.6) is 0 Å². The van der Waals surface area contributed by atoms with Crippen molar-refractivity contribution in [3.8, 4) is 0 Å². The van der Waals surface area contributed by atoms with Crippen LogP contribution in [-0.4, -0.2) is 36.8 Å². The molecule has 0 aliphatic heterocycles. The van der Waals surface area contributed by atoms with Gasteiger partial charge in [-0.25, -0.2) is 13.1 Å². The second-order valence-electron chi connectivity index (χ2n) is 6.28. The minimum absolute atomic E-state index is 0.122. The van der Waals surface area contributed by atoms with Crippen molar-refractivity contribution in [1.29, 1.82) is 0 Å². The van der Waals surface area contributed by atoms with Gasteiger partial charge in [-0.05, 0) is 36.8 Å². The lowest BCUT2D eigenvalue weighted by atomic mass is 10.1. The molecule has 0 saturated heterocycles. The predicted molar refractivity (Wildman–Crippen MR) is 122 cm³/mol. The molecule has 0 aliphatic rings. The number of benzene rings is 2. The minimum Gasteiger partial charge on any atom is -0.296 e. The summed E-state index contributed by atoms with van der Waals surface area (Å²) in [6, 6.07) is 14.6. The Morgan fingerprint density at radius 3 is 2.73 bits per heavy atom. The average Bonchev–Trinajstić information content (AvgIpc) is 3.17. The number of carbonyl (C=O) groups excluding carboxylic acids is 1. The quantitative estimate of drug-likeness (QED) is 0.353. The molecule has 158 valence electrons. The van der Waals surface area contributed by atoms with Crippen LogP contribution in [0.4, 0.5) is 5.13 Å². The number of amides is 1. The predicted octanol–water partition coefficient (Wildman–Crippen LogP) is 3.96. The summed E-state index contributed by atoms with van der Waals surface area (Å²) in [6.45, 7) is 2.13. The van der Waals surface area contributed by atoms with Gasteiger partial charge in [0.05, 0.1) is 0 Å². The molecule has 0 radical (unpaired) electrons. The third-order valence-corrected chi connectivity index (χ3v) is 7.77. The molecule has 1 heterocycles. The van der Waals surface area contributed by atoms with E-state index in [0.29, 0.717) is 16.3 Å². The smallest absolute Gasteiger partial charge is 0.269 e. The van der Waals surface area contributed by atoms with E-state index in [-0.39, 0.29) is 21.9 Å². The molecule has 3 aromatic rings. The lowest BCUT2D eigenvalue weighted by molar-refractivity contribution is 0.102. The summed E-state index contributed by atoms with van der Waals surface area (Å²) in [5, 5.41) is 10.8. The molecule has 30 heavy (non-hydrogen) atoms. The molecule has 1 amide bonds. The van der Waals surface area contributed by atoms with E-state index in [9.17, 15) is 13.2 Å². The topological polar surface area (TPSA) is 101 Å². The molecule has 0 unspecified atom stereocenters. The second-order valence-corrected chi connectivity index (χ2v) is 10.7. The minimum atomic E-state index is -3.79. The molecule has 3 rings (SSSR count). The standard InChI is InChI=1S/C19H19ClN4O3S3/c1-13-4-2-6-15(10-13)17(25)22-18-23-24-19(29-18)30(26,27)21-8-9-28-12-14-5-3-7-16(20)11-14/h2-7,10-11,21H,8-9,12H2,1H3,(H,22,23,25). The van der Waals surface area contributed by atoms with Gasteiger partial charge in [0.1, 0.15) is 0 Å². The molecule has 0 aliphatic carbocycles. The number of rotatable bonds is 9. The number of sulfonamides is 1. The van der Waals surface area contributed by atoms with Gasteiger partial charge in [0, 0.05) is 28.6 Å². The fourth-order valence-corrected chi connectivity index (χ4v) is 5.57. The van der Waals surface area contributed by atoms with Crippen molar-refractivity contribution in [2.24, 2.45) is 0 Å². The van der Waals surface area contributed by atoms with Crippen LogP contribution in [0.25, 0.3) is 0 Å². The monoisotopic (exact) mass is 482 g/mol. The summed E-state index contributed by atoms with van der Waals surface area (Å²) >= 11 is 8.34. The van der Waals surface area contributed by atoms with Gasteiger partial charge in [0.15, 0.2) is 0 Å². The maximum absolute atomic E-state index is 12.4. The van der Waals surface area contributed by atoms with E-state index in [1.54, 1.807) is 30.0 Å². The third kappa shape index (κ3) is 6.51. The van der Waals surface area contributed by atoms with Crippen LogP contribution in [0.3, 0.4) is 0 Å². The van der Waals surface area contributed by atoms with E-state index in [2.05, 4.69) is 20.2 Å². The van der Waals surface area contributed by atoms with Gasteiger partial charge in [0.25, 0.3) is 15.9 Å². The zero-order valence-electron chi connectivity index (χ0n) is 16.0. The molecule has 0 saturated carbocycles. The van der Waals surface area contributed by atoms with Crippen LogP contribution in [0, 0.1) is 6.92 Å². The first kappa shape index (κ1) is 22.7. The second kappa shape index (κ2) is 10.4. The van der Waals surface area contributed by atoms with Gasteiger partial charge in [-0.2, -0.15) is 11.8 Å². The van der Waals surface area contributed by atoms with Crippen molar-refractivity contribution in [3.05, 3.63) is 70.2 Å². The number of anilines is 1. The largest absolute Gasteiger partial charge is 0.296 e. The molecular formula is C19H19ClN4O3S3. The summed E-state index contributed by atoms with van der Waals surface area (Å²) in [4.78, 5) is 12.3. The van der Waals surface area contributed by atoms with Gasteiger partial charge >= 0.3 is 0 Å². The SMILES string of the molecule is Cc1cccc(C(=O)Nc2nnc(S(=O)(=O)NCCSCc3cccc(Cl)c3)s2)c1. The molecule has 7 nitrogen and oxygen atoms in total. The van der Waals surface area contributed by atoms with E-state index < -0.39 is 10.0 Å². The van der Waals surface area contributed by atoms with Crippen molar-refractivity contribution < 1.29 is 13.2 Å². The number of halogens is 1. The van der Waals surface area contributed by atoms with E-state index >= 15 is 0 Å². The summed E-state index contributed by atoms with van der Waals surface area (Å²) in [5.41, 5.74) is 2.48. The van der Waals surface area contributed by atoms with Gasteiger partial charge < -0.3 is 0 Å². The van der Waals surface area contributed by atoms with Gasteiger partial charge in [-0.3, -0.25) is 10.1 Å². The van der Waals surface area contributed by atoms with E-state index in [1.165, 1.54) is 0 Å².